The average Bonchev–Trinajstić information content (AvgIpc) is 3.32. The largest absolute Gasteiger partial charge is 0.311 e. The number of carbonyl (C=O) groups excluding carboxylic acids is 2. The lowest BCUT2D eigenvalue weighted by Gasteiger charge is -2.33. The summed E-state index contributed by atoms with van der Waals surface area (Å²) in [6.45, 7) is 4.80. The Balaban J connectivity index is 1.60. The zero-order valence-corrected chi connectivity index (χ0v) is 18.8. The number of rotatable bonds is 3. The van der Waals surface area contributed by atoms with Crippen LogP contribution in [0.5, 0.6) is 0 Å². The molecule has 0 aliphatic carbocycles. The highest BCUT2D eigenvalue weighted by Crippen LogP contribution is 2.55. The normalized spacial score (nSPS) is 19.7. The van der Waals surface area contributed by atoms with Gasteiger partial charge in [-0.05, 0) is 37.6 Å². The van der Waals surface area contributed by atoms with E-state index in [1.54, 1.807) is 21.9 Å². The van der Waals surface area contributed by atoms with Crippen molar-refractivity contribution in [1.29, 1.82) is 0 Å². The number of carbonyl (C=O) groups is 2. The molecule has 6 heteroatoms. The van der Waals surface area contributed by atoms with Gasteiger partial charge in [-0.15, -0.1) is 11.8 Å². The molecule has 3 aromatic carbocycles. The quantitative estimate of drug-likeness (QED) is 0.567. The summed E-state index contributed by atoms with van der Waals surface area (Å²) in [7, 11) is 0. The standard InChI is InChI=1S/C26H23FN2O2S/c1-17-7-10-19(11-8-17)16-28-23-12-9-18(2)15-21(23)26(25(28)31)29(13-14-32-26)24(30)20-5-3-4-6-22(20)27/h3-12,15H,13-14,16H2,1-2H3. The van der Waals surface area contributed by atoms with Gasteiger partial charge in [-0.1, -0.05) is 59.7 Å². The molecule has 2 amide bonds. The highest BCUT2D eigenvalue weighted by atomic mass is 32.2. The van der Waals surface area contributed by atoms with E-state index in [1.807, 2.05) is 56.3 Å². The highest BCUT2D eigenvalue weighted by Gasteiger charge is 2.59. The maximum Gasteiger partial charge on any atom is 0.268 e. The third kappa shape index (κ3) is 3.13. The lowest BCUT2D eigenvalue weighted by molar-refractivity contribution is -0.123. The molecule has 2 aliphatic rings. The third-order valence-corrected chi connectivity index (χ3v) is 7.58. The van der Waals surface area contributed by atoms with Gasteiger partial charge < -0.3 is 9.80 Å². The Morgan fingerprint density at radius 1 is 1.03 bits per heavy atom. The summed E-state index contributed by atoms with van der Waals surface area (Å²) in [4.78, 5) is 29.6. The summed E-state index contributed by atoms with van der Waals surface area (Å²) < 4.78 is 14.5. The Kier molecular flexibility index (Phi) is 5.05. The number of aryl methyl sites for hydroxylation is 2. The molecular formula is C26H23FN2O2S. The minimum atomic E-state index is -1.18. The van der Waals surface area contributed by atoms with Crippen molar-refractivity contribution in [2.75, 3.05) is 17.2 Å². The van der Waals surface area contributed by atoms with Crippen molar-refractivity contribution in [2.45, 2.75) is 25.3 Å². The molecule has 1 saturated heterocycles. The van der Waals surface area contributed by atoms with Crippen molar-refractivity contribution in [3.63, 3.8) is 0 Å². The predicted octanol–water partition coefficient (Wildman–Crippen LogP) is 5.03. The first kappa shape index (κ1) is 20.8. The van der Waals surface area contributed by atoms with E-state index in [9.17, 15) is 14.0 Å². The van der Waals surface area contributed by atoms with Gasteiger partial charge in [0.05, 0.1) is 17.8 Å². The van der Waals surface area contributed by atoms with Crippen LogP contribution in [0, 0.1) is 19.7 Å². The predicted molar refractivity (Wildman–Crippen MR) is 125 cm³/mol. The SMILES string of the molecule is Cc1ccc(CN2C(=O)C3(SCCN3C(=O)c3ccccc3F)c3cc(C)ccc32)cc1. The number of halogens is 1. The van der Waals surface area contributed by atoms with Gasteiger partial charge >= 0.3 is 0 Å². The van der Waals surface area contributed by atoms with Crippen LogP contribution in [0.25, 0.3) is 0 Å². The number of benzene rings is 3. The van der Waals surface area contributed by atoms with Gasteiger partial charge in [0.15, 0.2) is 4.87 Å². The number of thioether (sulfide) groups is 1. The van der Waals surface area contributed by atoms with E-state index in [2.05, 4.69) is 0 Å². The Labute approximate surface area is 191 Å². The monoisotopic (exact) mass is 446 g/mol. The first-order valence-electron chi connectivity index (χ1n) is 10.6. The molecule has 0 bridgehead atoms. The summed E-state index contributed by atoms with van der Waals surface area (Å²) in [6, 6.07) is 20.0. The van der Waals surface area contributed by atoms with Crippen molar-refractivity contribution < 1.29 is 14.0 Å². The zero-order valence-electron chi connectivity index (χ0n) is 18.0. The second kappa shape index (κ2) is 7.78. The second-order valence-corrected chi connectivity index (χ2v) is 9.61. The van der Waals surface area contributed by atoms with Gasteiger partial charge in [-0.3, -0.25) is 9.59 Å². The van der Waals surface area contributed by atoms with E-state index in [-0.39, 0.29) is 11.5 Å². The first-order valence-corrected chi connectivity index (χ1v) is 11.6. The maximum absolute atomic E-state index is 14.5. The van der Waals surface area contributed by atoms with Crippen LogP contribution < -0.4 is 4.90 Å². The summed E-state index contributed by atoms with van der Waals surface area (Å²) in [5, 5.41) is 0. The Bertz CT molecular complexity index is 1230. The van der Waals surface area contributed by atoms with Crippen LogP contribution in [0.4, 0.5) is 10.1 Å². The van der Waals surface area contributed by atoms with Gasteiger partial charge in [0.1, 0.15) is 5.82 Å². The van der Waals surface area contributed by atoms with E-state index in [0.29, 0.717) is 18.8 Å². The smallest absolute Gasteiger partial charge is 0.268 e. The van der Waals surface area contributed by atoms with Crippen LogP contribution in [-0.4, -0.2) is 29.0 Å². The molecule has 2 heterocycles. The van der Waals surface area contributed by atoms with Crippen molar-refractivity contribution in [3.8, 4) is 0 Å². The van der Waals surface area contributed by atoms with E-state index in [1.165, 1.54) is 23.9 Å². The lowest BCUT2D eigenvalue weighted by atomic mass is 10.0. The summed E-state index contributed by atoms with van der Waals surface area (Å²) in [5.41, 5.74) is 4.79. The number of anilines is 1. The van der Waals surface area contributed by atoms with E-state index in [0.717, 1.165) is 27.9 Å². The lowest BCUT2D eigenvalue weighted by Crippen LogP contribution is -2.50. The molecule has 32 heavy (non-hydrogen) atoms. The van der Waals surface area contributed by atoms with Crippen LogP contribution in [0.3, 0.4) is 0 Å². The van der Waals surface area contributed by atoms with Crippen molar-refractivity contribution in [1.82, 2.24) is 4.90 Å². The van der Waals surface area contributed by atoms with E-state index < -0.39 is 16.6 Å². The van der Waals surface area contributed by atoms with Crippen LogP contribution in [0.15, 0.2) is 66.7 Å². The molecule has 0 N–H and O–H groups in total. The number of amides is 2. The van der Waals surface area contributed by atoms with Gasteiger partial charge in [-0.25, -0.2) is 4.39 Å². The molecular weight excluding hydrogens is 423 g/mol. The molecule has 0 aromatic heterocycles. The molecule has 2 aliphatic heterocycles. The van der Waals surface area contributed by atoms with Crippen LogP contribution in [0.1, 0.15) is 32.6 Å². The molecule has 0 radical (unpaired) electrons. The molecule has 1 spiro atoms. The van der Waals surface area contributed by atoms with Crippen LogP contribution in [-0.2, 0) is 16.2 Å². The molecule has 1 unspecified atom stereocenters. The molecule has 1 fully saturated rings. The van der Waals surface area contributed by atoms with Gasteiger partial charge in [0.25, 0.3) is 11.8 Å². The van der Waals surface area contributed by atoms with Crippen molar-refractivity contribution in [2.24, 2.45) is 0 Å². The molecule has 3 aromatic rings. The van der Waals surface area contributed by atoms with Crippen LogP contribution >= 0.6 is 11.8 Å². The van der Waals surface area contributed by atoms with Gasteiger partial charge in [0, 0.05) is 17.9 Å². The number of hydrogen-bond acceptors (Lipinski definition) is 3. The second-order valence-electron chi connectivity index (χ2n) is 8.33. The van der Waals surface area contributed by atoms with E-state index in [4.69, 9.17) is 0 Å². The molecule has 4 nitrogen and oxygen atoms in total. The maximum atomic E-state index is 14.5. The molecule has 162 valence electrons. The molecule has 5 rings (SSSR count). The molecule has 0 saturated carbocycles. The van der Waals surface area contributed by atoms with Crippen molar-refractivity contribution >= 4 is 29.3 Å². The average molecular weight is 447 g/mol. The van der Waals surface area contributed by atoms with Crippen LogP contribution in [0.2, 0.25) is 0 Å². The van der Waals surface area contributed by atoms with E-state index >= 15 is 0 Å². The number of hydrogen-bond donors (Lipinski definition) is 0. The Morgan fingerprint density at radius 2 is 1.75 bits per heavy atom. The fraction of sp³-hybridized carbons (Fsp3) is 0.231. The summed E-state index contributed by atoms with van der Waals surface area (Å²) in [5.74, 6) is -0.564. The Hall–Kier alpha value is -3.12. The number of fused-ring (bicyclic) bond motifs is 2. The minimum absolute atomic E-state index is 0.00615. The summed E-state index contributed by atoms with van der Waals surface area (Å²) in [6.07, 6.45) is 0. The number of nitrogens with zero attached hydrogens (tertiary/aromatic N) is 2. The minimum Gasteiger partial charge on any atom is -0.311 e. The van der Waals surface area contributed by atoms with Gasteiger partial charge in [-0.2, -0.15) is 0 Å². The third-order valence-electron chi connectivity index (χ3n) is 6.16. The zero-order chi connectivity index (χ0) is 22.5. The Morgan fingerprint density at radius 3 is 2.50 bits per heavy atom. The first-order chi connectivity index (χ1) is 15.4. The fourth-order valence-corrected chi connectivity index (χ4v) is 5.99. The molecule has 1 atom stereocenters. The van der Waals surface area contributed by atoms with Gasteiger partial charge in [0.2, 0.25) is 0 Å². The summed E-state index contributed by atoms with van der Waals surface area (Å²) >= 11 is 1.46. The topological polar surface area (TPSA) is 40.6 Å². The highest BCUT2D eigenvalue weighted by molar-refractivity contribution is 8.01. The fourth-order valence-electron chi connectivity index (χ4n) is 4.54. The van der Waals surface area contributed by atoms with Crippen molar-refractivity contribution in [3.05, 3.63) is 100 Å².